The van der Waals surface area contributed by atoms with E-state index in [-0.39, 0.29) is 6.10 Å². The molecular weight excluding hydrogens is 224 g/mol. The highest BCUT2D eigenvalue weighted by atomic mass is 16.3. The van der Waals surface area contributed by atoms with Gasteiger partial charge in [-0.15, -0.1) is 0 Å². The molecule has 0 aromatic heterocycles. The smallest absolute Gasteiger partial charge is 0.0527 e. The average Bonchev–Trinajstić information content (AvgIpc) is 3.13. The van der Waals surface area contributed by atoms with Gasteiger partial charge in [-0.1, -0.05) is 12.8 Å². The third-order valence-corrected chi connectivity index (χ3v) is 4.24. The van der Waals surface area contributed by atoms with Gasteiger partial charge in [0.1, 0.15) is 0 Å². The lowest BCUT2D eigenvalue weighted by molar-refractivity contribution is 0.112. The van der Waals surface area contributed by atoms with Crippen molar-refractivity contribution >= 4 is 0 Å². The molecule has 2 aliphatic rings. The van der Waals surface area contributed by atoms with Crippen molar-refractivity contribution in [2.45, 2.75) is 76.5 Å². The molecule has 2 N–H and O–H groups in total. The highest BCUT2D eigenvalue weighted by Crippen LogP contribution is 2.21. The van der Waals surface area contributed by atoms with Gasteiger partial charge in [0.05, 0.1) is 6.10 Å². The van der Waals surface area contributed by atoms with Crippen molar-refractivity contribution < 1.29 is 5.11 Å². The van der Waals surface area contributed by atoms with E-state index < -0.39 is 0 Å². The fourth-order valence-electron chi connectivity index (χ4n) is 3.07. The van der Waals surface area contributed by atoms with Crippen LogP contribution >= 0.6 is 0 Å². The molecule has 2 unspecified atom stereocenters. The van der Waals surface area contributed by atoms with Crippen LogP contribution in [0.3, 0.4) is 0 Å². The van der Waals surface area contributed by atoms with E-state index in [0.717, 1.165) is 12.5 Å². The Morgan fingerprint density at radius 3 is 2.78 bits per heavy atom. The maximum atomic E-state index is 9.63. The zero-order valence-electron chi connectivity index (χ0n) is 11.9. The quantitative estimate of drug-likeness (QED) is 0.683. The maximum Gasteiger partial charge on any atom is 0.0527 e. The number of aliphatic hydroxyl groups is 1. The highest BCUT2D eigenvalue weighted by molar-refractivity contribution is 4.81. The number of likely N-dealkylation sites (tertiary alicyclic amines) is 1. The lowest BCUT2D eigenvalue weighted by Crippen LogP contribution is -2.38. The standard InChI is InChI=1S/C15H30N2O/c1-13(18)12-15-6-3-2-4-10-17(15)11-5-9-16-14-7-8-14/h13-16,18H,2-12H2,1H3. The molecular formula is C15H30N2O. The lowest BCUT2D eigenvalue weighted by Gasteiger charge is -2.30. The second kappa shape index (κ2) is 7.46. The van der Waals surface area contributed by atoms with Crippen LogP contribution < -0.4 is 5.32 Å². The van der Waals surface area contributed by atoms with Crippen LogP contribution in [-0.2, 0) is 0 Å². The van der Waals surface area contributed by atoms with E-state index in [9.17, 15) is 5.11 Å². The van der Waals surface area contributed by atoms with Crippen LogP contribution in [0.1, 0.15) is 58.3 Å². The molecule has 18 heavy (non-hydrogen) atoms. The molecule has 1 heterocycles. The molecule has 2 rings (SSSR count). The number of nitrogens with one attached hydrogen (secondary N) is 1. The molecule has 0 spiro atoms. The van der Waals surface area contributed by atoms with Gasteiger partial charge in [0.25, 0.3) is 0 Å². The van der Waals surface area contributed by atoms with Gasteiger partial charge in [-0.2, -0.15) is 0 Å². The Morgan fingerprint density at radius 1 is 1.22 bits per heavy atom. The Morgan fingerprint density at radius 2 is 2.06 bits per heavy atom. The third kappa shape index (κ3) is 5.25. The Labute approximate surface area is 112 Å². The summed E-state index contributed by atoms with van der Waals surface area (Å²) >= 11 is 0. The zero-order chi connectivity index (χ0) is 12.8. The van der Waals surface area contributed by atoms with Crippen molar-refractivity contribution in [1.82, 2.24) is 10.2 Å². The molecule has 1 aliphatic carbocycles. The van der Waals surface area contributed by atoms with Crippen LogP contribution in [-0.4, -0.2) is 47.8 Å². The molecule has 1 saturated carbocycles. The summed E-state index contributed by atoms with van der Waals surface area (Å²) in [5, 5.41) is 13.2. The van der Waals surface area contributed by atoms with E-state index in [0.29, 0.717) is 6.04 Å². The second-order valence-corrected chi connectivity index (χ2v) is 6.21. The first-order valence-electron chi connectivity index (χ1n) is 7.91. The van der Waals surface area contributed by atoms with E-state index in [1.165, 1.54) is 64.6 Å². The van der Waals surface area contributed by atoms with Crippen molar-refractivity contribution in [3.63, 3.8) is 0 Å². The number of hydrogen-bond acceptors (Lipinski definition) is 3. The van der Waals surface area contributed by atoms with Crippen LogP contribution in [0.15, 0.2) is 0 Å². The number of hydrogen-bond donors (Lipinski definition) is 2. The summed E-state index contributed by atoms with van der Waals surface area (Å²) < 4.78 is 0. The molecule has 2 fully saturated rings. The lowest BCUT2D eigenvalue weighted by atomic mass is 10.0. The SMILES string of the molecule is CC(O)CC1CCCCCN1CCCNC1CC1. The average molecular weight is 254 g/mol. The number of rotatable bonds is 7. The van der Waals surface area contributed by atoms with Crippen LogP contribution in [0, 0.1) is 0 Å². The first-order chi connectivity index (χ1) is 8.75. The van der Waals surface area contributed by atoms with Crippen LogP contribution in [0.5, 0.6) is 0 Å². The number of nitrogens with zero attached hydrogens (tertiary/aromatic N) is 1. The van der Waals surface area contributed by atoms with E-state index in [2.05, 4.69) is 10.2 Å². The molecule has 0 bridgehead atoms. The summed E-state index contributed by atoms with van der Waals surface area (Å²) in [6.07, 6.45) is 10.2. The van der Waals surface area contributed by atoms with E-state index in [1.54, 1.807) is 0 Å². The predicted molar refractivity (Wildman–Crippen MR) is 75.8 cm³/mol. The first kappa shape index (κ1) is 14.3. The Balaban J connectivity index is 1.69. The van der Waals surface area contributed by atoms with Crippen molar-refractivity contribution in [2.75, 3.05) is 19.6 Å². The van der Waals surface area contributed by atoms with Gasteiger partial charge in [0, 0.05) is 12.1 Å². The first-order valence-corrected chi connectivity index (χ1v) is 7.91. The van der Waals surface area contributed by atoms with E-state index in [1.807, 2.05) is 6.92 Å². The van der Waals surface area contributed by atoms with Gasteiger partial charge in [0.15, 0.2) is 0 Å². The summed E-state index contributed by atoms with van der Waals surface area (Å²) in [5.74, 6) is 0. The summed E-state index contributed by atoms with van der Waals surface area (Å²) in [7, 11) is 0. The molecule has 2 atom stereocenters. The molecule has 1 saturated heterocycles. The minimum Gasteiger partial charge on any atom is -0.393 e. The van der Waals surface area contributed by atoms with Gasteiger partial charge in [-0.05, 0) is 65.1 Å². The number of aliphatic hydroxyl groups excluding tert-OH is 1. The molecule has 3 heteroatoms. The summed E-state index contributed by atoms with van der Waals surface area (Å²) in [6, 6.07) is 1.45. The van der Waals surface area contributed by atoms with Gasteiger partial charge in [0.2, 0.25) is 0 Å². The molecule has 0 amide bonds. The highest BCUT2D eigenvalue weighted by Gasteiger charge is 2.23. The van der Waals surface area contributed by atoms with E-state index >= 15 is 0 Å². The molecule has 0 aromatic rings. The van der Waals surface area contributed by atoms with Crippen LogP contribution in [0.4, 0.5) is 0 Å². The molecule has 1 aliphatic heterocycles. The second-order valence-electron chi connectivity index (χ2n) is 6.21. The molecule has 0 radical (unpaired) electrons. The molecule has 0 aromatic carbocycles. The molecule has 106 valence electrons. The topological polar surface area (TPSA) is 35.5 Å². The van der Waals surface area contributed by atoms with Gasteiger partial charge in [-0.3, -0.25) is 0 Å². The fraction of sp³-hybridized carbons (Fsp3) is 1.00. The van der Waals surface area contributed by atoms with Crippen molar-refractivity contribution in [3.8, 4) is 0 Å². The van der Waals surface area contributed by atoms with Crippen molar-refractivity contribution in [2.24, 2.45) is 0 Å². The summed E-state index contributed by atoms with van der Waals surface area (Å²) in [5.41, 5.74) is 0. The minimum absolute atomic E-state index is 0.153. The van der Waals surface area contributed by atoms with E-state index in [4.69, 9.17) is 0 Å². The normalized spacial score (nSPS) is 28.0. The molecule has 3 nitrogen and oxygen atoms in total. The summed E-state index contributed by atoms with van der Waals surface area (Å²) in [6.45, 7) is 5.54. The fourth-order valence-corrected chi connectivity index (χ4v) is 3.07. The Bertz CT molecular complexity index is 229. The third-order valence-electron chi connectivity index (χ3n) is 4.24. The van der Waals surface area contributed by atoms with Gasteiger partial charge < -0.3 is 15.3 Å². The zero-order valence-corrected chi connectivity index (χ0v) is 11.9. The van der Waals surface area contributed by atoms with Crippen LogP contribution in [0.2, 0.25) is 0 Å². The van der Waals surface area contributed by atoms with Gasteiger partial charge in [-0.25, -0.2) is 0 Å². The Kier molecular flexibility index (Phi) is 5.93. The maximum absolute atomic E-state index is 9.63. The van der Waals surface area contributed by atoms with Crippen molar-refractivity contribution in [3.05, 3.63) is 0 Å². The largest absolute Gasteiger partial charge is 0.393 e. The Hall–Kier alpha value is -0.120. The minimum atomic E-state index is -0.153. The predicted octanol–water partition coefficient (Wildman–Crippen LogP) is 2.14. The van der Waals surface area contributed by atoms with Gasteiger partial charge >= 0.3 is 0 Å². The monoisotopic (exact) mass is 254 g/mol. The van der Waals surface area contributed by atoms with Crippen LogP contribution in [0.25, 0.3) is 0 Å². The van der Waals surface area contributed by atoms with Crippen molar-refractivity contribution in [1.29, 1.82) is 0 Å². The summed E-state index contributed by atoms with van der Waals surface area (Å²) in [4.78, 5) is 2.63.